The fraction of sp³-hybridized carbons (Fsp3) is 0.571. The number of para-hydroxylation sites is 1. The molecule has 1 fully saturated rings. The maximum atomic E-state index is 9.66. The van der Waals surface area contributed by atoms with E-state index in [0.717, 1.165) is 18.5 Å². The molecule has 0 bridgehead atoms. The first-order valence-electron chi connectivity index (χ1n) is 6.18. The summed E-state index contributed by atoms with van der Waals surface area (Å²) >= 11 is 0. The summed E-state index contributed by atoms with van der Waals surface area (Å²) in [6.07, 6.45) is 4.64. The molecule has 2 nitrogen and oxygen atoms in total. The van der Waals surface area contributed by atoms with Crippen molar-refractivity contribution in [3.05, 3.63) is 30.3 Å². The fourth-order valence-electron chi connectivity index (χ4n) is 2.78. The number of anilines is 1. The molecule has 1 aliphatic rings. The van der Waals surface area contributed by atoms with Crippen LogP contribution in [0.4, 0.5) is 5.69 Å². The molecule has 2 unspecified atom stereocenters. The van der Waals surface area contributed by atoms with Gasteiger partial charge in [-0.15, -0.1) is 0 Å². The van der Waals surface area contributed by atoms with Gasteiger partial charge in [0, 0.05) is 5.69 Å². The van der Waals surface area contributed by atoms with Crippen LogP contribution in [-0.2, 0) is 0 Å². The molecular formula is C14H21NO. The molecule has 0 radical (unpaired) electrons. The summed E-state index contributed by atoms with van der Waals surface area (Å²) in [6, 6.07) is 10.2. The Morgan fingerprint density at radius 1 is 1.38 bits per heavy atom. The Labute approximate surface area is 97.7 Å². The Hall–Kier alpha value is -1.02. The molecule has 1 aliphatic carbocycles. The lowest BCUT2D eigenvalue weighted by atomic mass is 9.76. The van der Waals surface area contributed by atoms with Crippen LogP contribution >= 0.6 is 0 Å². The van der Waals surface area contributed by atoms with Gasteiger partial charge in [-0.3, -0.25) is 0 Å². The van der Waals surface area contributed by atoms with Gasteiger partial charge in [0.05, 0.1) is 12.1 Å². The minimum atomic E-state index is -0.0982. The third-order valence-electron chi connectivity index (χ3n) is 3.58. The van der Waals surface area contributed by atoms with Crippen LogP contribution in [0, 0.1) is 5.92 Å². The van der Waals surface area contributed by atoms with E-state index in [0.29, 0.717) is 5.92 Å². The van der Waals surface area contributed by atoms with Crippen molar-refractivity contribution in [3.8, 4) is 0 Å². The summed E-state index contributed by atoms with van der Waals surface area (Å²) in [6.45, 7) is 2.50. The van der Waals surface area contributed by atoms with Crippen LogP contribution in [0.5, 0.6) is 0 Å². The molecule has 0 amide bonds. The molecule has 1 aromatic rings. The van der Waals surface area contributed by atoms with Crippen molar-refractivity contribution in [1.29, 1.82) is 0 Å². The van der Waals surface area contributed by atoms with Gasteiger partial charge in [-0.2, -0.15) is 0 Å². The zero-order valence-corrected chi connectivity index (χ0v) is 9.95. The zero-order valence-electron chi connectivity index (χ0n) is 9.95. The van der Waals surface area contributed by atoms with Crippen molar-refractivity contribution in [2.75, 3.05) is 11.9 Å². The zero-order chi connectivity index (χ0) is 11.4. The quantitative estimate of drug-likeness (QED) is 0.819. The summed E-state index contributed by atoms with van der Waals surface area (Å²) in [5, 5.41) is 13.2. The lowest BCUT2D eigenvalue weighted by Gasteiger charge is -2.40. The molecule has 1 saturated carbocycles. The third-order valence-corrected chi connectivity index (χ3v) is 3.58. The van der Waals surface area contributed by atoms with E-state index in [1.54, 1.807) is 0 Å². The summed E-state index contributed by atoms with van der Waals surface area (Å²) in [5.41, 5.74) is 1.02. The predicted molar refractivity (Wildman–Crippen MR) is 67.5 cm³/mol. The molecular weight excluding hydrogens is 198 g/mol. The Balaban J connectivity index is 2.10. The SMILES string of the molecule is CC1CCCC(CO)(Nc2ccccc2)C1. The van der Waals surface area contributed by atoms with Gasteiger partial charge in [0.2, 0.25) is 0 Å². The van der Waals surface area contributed by atoms with E-state index in [1.807, 2.05) is 18.2 Å². The second kappa shape index (κ2) is 4.88. The molecule has 2 atom stereocenters. The Bertz CT molecular complexity index is 325. The summed E-state index contributed by atoms with van der Waals surface area (Å²) < 4.78 is 0. The molecule has 0 spiro atoms. The van der Waals surface area contributed by atoms with E-state index in [-0.39, 0.29) is 12.1 Å². The van der Waals surface area contributed by atoms with Crippen LogP contribution in [0.3, 0.4) is 0 Å². The number of rotatable bonds is 3. The number of benzene rings is 1. The lowest BCUT2D eigenvalue weighted by Crippen LogP contribution is -2.45. The number of aliphatic hydroxyl groups excluding tert-OH is 1. The highest BCUT2D eigenvalue weighted by atomic mass is 16.3. The van der Waals surface area contributed by atoms with E-state index in [2.05, 4.69) is 24.4 Å². The Morgan fingerprint density at radius 3 is 2.75 bits per heavy atom. The molecule has 0 heterocycles. The minimum Gasteiger partial charge on any atom is -0.394 e. The number of hydrogen-bond donors (Lipinski definition) is 2. The first kappa shape index (κ1) is 11.5. The van der Waals surface area contributed by atoms with E-state index in [1.165, 1.54) is 12.8 Å². The van der Waals surface area contributed by atoms with Gasteiger partial charge < -0.3 is 10.4 Å². The van der Waals surface area contributed by atoms with E-state index < -0.39 is 0 Å². The van der Waals surface area contributed by atoms with Gasteiger partial charge in [-0.1, -0.05) is 38.0 Å². The molecule has 2 N–H and O–H groups in total. The van der Waals surface area contributed by atoms with Crippen LogP contribution in [0.15, 0.2) is 30.3 Å². The van der Waals surface area contributed by atoms with Crippen molar-refractivity contribution in [2.45, 2.75) is 38.1 Å². The minimum absolute atomic E-state index is 0.0982. The van der Waals surface area contributed by atoms with Crippen molar-refractivity contribution >= 4 is 5.69 Å². The van der Waals surface area contributed by atoms with Crippen molar-refractivity contribution in [1.82, 2.24) is 0 Å². The fourth-order valence-corrected chi connectivity index (χ4v) is 2.78. The van der Waals surface area contributed by atoms with Crippen LogP contribution in [0.2, 0.25) is 0 Å². The van der Waals surface area contributed by atoms with Gasteiger partial charge in [-0.25, -0.2) is 0 Å². The topological polar surface area (TPSA) is 32.3 Å². The van der Waals surface area contributed by atoms with Crippen LogP contribution in [0.1, 0.15) is 32.6 Å². The maximum Gasteiger partial charge on any atom is 0.0661 e. The monoisotopic (exact) mass is 219 g/mol. The van der Waals surface area contributed by atoms with Gasteiger partial charge in [0.25, 0.3) is 0 Å². The molecule has 2 heteroatoms. The molecule has 2 rings (SSSR count). The van der Waals surface area contributed by atoms with E-state index in [9.17, 15) is 5.11 Å². The van der Waals surface area contributed by atoms with E-state index >= 15 is 0 Å². The van der Waals surface area contributed by atoms with Crippen molar-refractivity contribution < 1.29 is 5.11 Å². The van der Waals surface area contributed by atoms with Gasteiger partial charge >= 0.3 is 0 Å². The molecule has 0 saturated heterocycles. The van der Waals surface area contributed by atoms with E-state index in [4.69, 9.17) is 0 Å². The molecule has 0 aromatic heterocycles. The van der Waals surface area contributed by atoms with Gasteiger partial charge in [0.1, 0.15) is 0 Å². The number of aliphatic hydroxyl groups is 1. The van der Waals surface area contributed by atoms with Crippen molar-refractivity contribution in [2.24, 2.45) is 5.92 Å². The van der Waals surface area contributed by atoms with Gasteiger partial charge in [-0.05, 0) is 30.9 Å². The molecule has 16 heavy (non-hydrogen) atoms. The van der Waals surface area contributed by atoms with Crippen molar-refractivity contribution in [3.63, 3.8) is 0 Å². The van der Waals surface area contributed by atoms with Crippen LogP contribution in [-0.4, -0.2) is 17.3 Å². The molecule has 88 valence electrons. The largest absolute Gasteiger partial charge is 0.394 e. The van der Waals surface area contributed by atoms with Gasteiger partial charge in [0.15, 0.2) is 0 Å². The first-order valence-corrected chi connectivity index (χ1v) is 6.18. The predicted octanol–water partition coefficient (Wildman–Crippen LogP) is 3.04. The smallest absolute Gasteiger partial charge is 0.0661 e. The van der Waals surface area contributed by atoms with Crippen LogP contribution < -0.4 is 5.32 Å². The Kier molecular flexibility index (Phi) is 3.49. The molecule has 1 aromatic carbocycles. The first-order chi connectivity index (χ1) is 7.74. The normalized spacial score (nSPS) is 30.0. The van der Waals surface area contributed by atoms with Crippen LogP contribution in [0.25, 0.3) is 0 Å². The second-order valence-corrected chi connectivity index (χ2v) is 5.13. The highest BCUT2D eigenvalue weighted by Gasteiger charge is 2.34. The molecule has 0 aliphatic heterocycles. The highest BCUT2D eigenvalue weighted by Crippen LogP contribution is 2.34. The second-order valence-electron chi connectivity index (χ2n) is 5.13. The third kappa shape index (κ3) is 2.56. The maximum absolute atomic E-state index is 9.66. The standard InChI is InChI=1S/C14H21NO/c1-12-6-5-9-14(10-12,11-16)15-13-7-3-2-4-8-13/h2-4,7-8,12,15-16H,5-6,9-11H2,1H3. The summed E-state index contributed by atoms with van der Waals surface area (Å²) in [7, 11) is 0. The number of hydrogen-bond acceptors (Lipinski definition) is 2. The average Bonchev–Trinajstić information content (AvgIpc) is 2.30. The Morgan fingerprint density at radius 2 is 2.12 bits per heavy atom. The summed E-state index contributed by atoms with van der Waals surface area (Å²) in [5.74, 6) is 0.706. The summed E-state index contributed by atoms with van der Waals surface area (Å²) in [4.78, 5) is 0. The number of nitrogens with one attached hydrogen (secondary N) is 1. The lowest BCUT2D eigenvalue weighted by molar-refractivity contribution is 0.149. The average molecular weight is 219 g/mol. The highest BCUT2D eigenvalue weighted by molar-refractivity contribution is 5.45.